The first-order valence-corrected chi connectivity index (χ1v) is 14.1. The molecule has 2 N–H and O–H groups in total. The Balaban J connectivity index is 1.59. The molecule has 2 rings (SSSR count). The van der Waals surface area contributed by atoms with Gasteiger partial charge < -0.3 is 9.68 Å². The number of nitrogens with zero attached hydrogens (tertiary/aromatic N) is 2. The van der Waals surface area contributed by atoms with E-state index in [2.05, 4.69) is 34.5 Å². The number of piperidine rings is 2. The van der Waals surface area contributed by atoms with Crippen molar-refractivity contribution in [1.82, 2.24) is 19.6 Å². The standard InChI is InChI=1S/C18H34N4O8S2/c1-15-3-9-21(10-4-15)31(25,26)13-7-19-29-17(23)18(24)30-20-8-14-32(27,28)22-11-5-16(2)6-12-22/h15-16,19-20H,3-14H2,1-2H3. The minimum atomic E-state index is -3.48. The number of rotatable bonds is 10. The van der Waals surface area contributed by atoms with E-state index < -0.39 is 32.0 Å². The van der Waals surface area contributed by atoms with Crippen LogP contribution in [0, 0.1) is 11.8 Å². The Morgan fingerprint density at radius 1 is 0.719 bits per heavy atom. The van der Waals surface area contributed by atoms with Gasteiger partial charge in [-0.15, -0.1) is 0 Å². The Hall–Kier alpha value is -1.32. The first-order valence-electron chi connectivity index (χ1n) is 10.8. The second-order valence-electron chi connectivity index (χ2n) is 8.36. The van der Waals surface area contributed by atoms with Gasteiger partial charge in [0.1, 0.15) is 0 Å². The summed E-state index contributed by atoms with van der Waals surface area (Å²) in [5, 5.41) is 0. The quantitative estimate of drug-likeness (QED) is 0.223. The predicted molar refractivity (Wildman–Crippen MR) is 116 cm³/mol. The van der Waals surface area contributed by atoms with Gasteiger partial charge in [0, 0.05) is 39.3 Å². The van der Waals surface area contributed by atoms with Crippen LogP contribution in [-0.2, 0) is 39.3 Å². The molecule has 2 fully saturated rings. The van der Waals surface area contributed by atoms with Crippen LogP contribution in [0.2, 0.25) is 0 Å². The average Bonchev–Trinajstić information content (AvgIpc) is 2.74. The molecule has 0 aromatic carbocycles. The molecule has 0 saturated carbocycles. The lowest BCUT2D eigenvalue weighted by molar-refractivity contribution is -0.176. The number of carbonyl (C=O) groups excluding carboxylic acids is 2. The van der Waals surface area contributed by atoms with E-state index in [1.807, 2.05) is 0 Å². The van der Waals surface area contributed by atoms with E-state index in [1.54, 1.807) is 0 Å². The van der Waals surface area contributed by atoms with Crippen LogP contribution in [0.1, 0.15) is 39.5 Å². The summed E-state index contributed by atoms with van der Waals surface area (Å²) in [5.41, 5.74) is 4.29. The molecule has 14 heteroatoms. The molecular formula is C18H34N4O8S2. The SMILES string of the molecule is CC1CCN(S(=O)(=O)CCNOC(=O)C(=O)ONCCS(=O)(=O)N2CCC(C)CC2)CC1. The van der Waals surface area contributed by atoms with Crippen LogP contribution in [0.15, 0.2) is 0 Å². The Bertz CT molecular complexity index is 763. The first kappa shape index (κ1) is 26.9. The van der Waals surface area contributed by atoms with Crippen molar-refractivity contribution in [2.75, 3.05) is 50.8 Å². The number of carbonyl (C=O) groups is 2. The second kappa shape index (κ2) is 12.2. The third-order valence-electron chi connectivity index (χ3n) is 5.69. The van der Waals surface area contributed by atoms with E-state index in [9.17, 15) is 26.4 Å². The van der Waals surface area contributed by atoms with Crippen molar-refractivity contribution in [2.24, 2.45) is 11.8 Å². The van der Waals surface area contributed by atoms with Crippen molar-refractivity contribution in [2.45, 2.75) is 39.5 Å². The average molecular weight is 499 g/mol. The van der Waals surface area contributed by atoms with Crippen molar-refractivity contribution in [3.8, 4) is 0 Å². The molecule has 0 atom stereocenters. The van der Waals surface area contributed by atoms with Gasteiger partial charge in [0.25, 0.3) is 0 Å². The molecular weight excluding hydrogens is 464 g/mol. The highest BCUT2D eigenvalue weighted by Gasteiger charge is 2.28. The number of sulfonamides is 2. The molecule has 0 amide bonds. The molecule has 32 heavy (non-hydrogen) atoms. The topological polar surface area (TPSA) is 151 Å². The highest BCUT2D eigenvalue weighted by atomic mass is 32.2. The summed E-state index contributed by atoms with van der Waals surface area (Å²) in [6, 6.07) is 0. The number of hydrogen-bond donors (Lipinski definition) is 2. The summed E-state index contributed by atoms with van der Waals surface area (Å²) in [4.78, 5) is 32.2. The van der Waals surface area contributed by atoms with E-state index in [-0.39, 0.29) is 24.6 Å². The van der Waals surface area contributed by atoms with Crippen molar-refractivity contribution < 1.29 is 36.1 Å². The fourth-order valence-electron chi connectivity index (χ4n) is 3.44. The second-order valence-corrected chi connectivity index (χ2v) is 12.5. The minimum absolute atomic E-state index is 0.187. The van der Waals surface area contributed by atoms with Crippen LogP contribution in [0.4, 0.5) is 0 Å². The maximum atomic E-state index is 12.2. The molecule has 2 aliphatic rings. The van der Waals surface area contributed by atoms with Gasteiger partial charge >= 0.3 is 11.9 Å². The van der Waals surface area contributed by atoms with Crippen LogP contribution in [0.3, 0.4) is 0 Å². The highest BCUT2D eigenvalue weighted by Crippen LogP contribution is 2.19. The molecule has 0 aromatic rings. The molecule has 0 unspecified atom stereocenters. The fourth-order valence-corrected chi connectivity index (χ4v) is 6.18. The first-order chi connectivity index (χ1) is 15.0. The largest absolute Gasteiger partial charge is 0.437 e. The molecule has 186 valence electrons. The maximum Gasteiger partial charge on any atom is 0.437 e. The fraction of sp³-hybridized carbons (Fsp3) is 0.889. The Kier molecular flexibility index (Phi) is 10.3. The lowest BCUT2D eigenvalue weighted by atomic mass is 10.0. The van der Waals surface area contributed by atoms with E-state index in [0.717, 1.165) is 25.7 Å². The summed E-state index contributed by atoms with van der Waals surface area (Å²) in [6.07, 6.45) is 3.22. The molecule has 2 saturated heterocycles. The van der Waals surface area contributed by atoms with Crippen LogP contribution in [-0.4, -0.2) is 88.2 Å². The van der Waals surface area contributed by atoms with Crippen LogP contribution in [0.25, 0.3) is 0 Å². The molecule has 0 aliphatic carbocycles. The zero-order valence-electron chi connectivity index (χ0n) is 18.6. The number of hydrogen-bond acceptors (Lipinski definition) is 10. The molecule has 0 aromatic heterocycles. The number of hydroxylamine groups is 2. The zero-order chi connectivity index (χ0) is 23.8. The van der Waals surface area contributed by atoms with Crippen molar-refractivity contribution in [3.05, 3.63) is 0 Å². The normalized spacial score (nSPS) is 20.2. The molecule has 2 aliphatic heterocycles. The molecule has 0 bridgehead atoms. The zero-order valence-corrected chi connectivity index (χ0v) is 20.2. The van der Waals surface area contributed by atoms with Gasteiger partial charge in [0.2, 0.25) is 20.0 Å². The summed E-state index contributed by atoms with van der Waals surface area (Å²) in [6.45, 7) is 5.64. The van der Waals surface area contributed by atoms with Crippen LogP contribution >= 0.6 is 0 Å². The molecule has 12 nitrogen and oxygen atoms in total. The van der Waals surface area contributed by atoms with E-state index in [4.69, 9.17) is 0 Å². The van der Waals surface area contributed by atoms with E-state index in [0.29, 0.717) is 38.0 Å². The van der Waals surface area contributed by atoms with Gasteiger partial charge in [-0.3, -0.25) is 0 Å². The Morgan fingerprint density at radius 2 is 1.03 bits per heavy atom. The lowest BCUT2D eigenvalue weighted by Crippen LogP contribution is -2.42. The summed E-state index contributed by atoms with van der Waals surface area (Å²) in [5.74, 6) is -2.34. The maximum absolute atomic E-state index is 12.2. The Labute approximate surface area is 190 Å². The number of nitrogens with one attached hydrogen (secondary N) is 2. The summed E-state index contributed by atoms with van der Waals surface area (Å²) < 4.78 is 51.8. The van der Waals surface area contributed by atoms with Crippen molar-refractivity contribution >= 4 is 32.0 Å². The van der Waals surface area contributed by atoms with Gasteiger partial charge in [-0.05, 0) is 37.5 Å². The summed E-state index contributed by atoms with van der Waals surface area (Å²) >= 11 is 0. The lowest BCUT2D eigenvalue weighted by Gasteiger charge is -2.29. The van der Waals surface area contributed by atoms with Crippen LogP contribution < -0.4 is 11.0 Å². The van der Waals surface area contributed by atoms with Gasteiger partial charge in [0.15, 0.2) is 0 Å². The molecule has 0 spiro atoms. The van der Waals surface area contributed by atoms with Gasteiger partial charge in [-0.25, -0.2) is 35.0 Å². The van der Waals surface area contributed by atoms with Crippen molar-refractivity contribution in [1.29, 1.82) is 0 Å². The third-order valence-corrected chi connectivity index (χ3v) is 9.44. The third kappa shape index (κ3) is 8.56. The smallest absolute Gasteiger partial charge is 0.362 e. The molecule has 2 heterocycles. The monoisotopic (exact) mass is 498 g/mol. The van der Waals surface area contributed by atoms with E-state index >= 15 is 0 Å². The van der Waals surface area contributed by atoms with Gasteiger partial charge in [0.05, 0.1) is 11.5 Å². The van der Waals surface area contributed by atoms with Crippen molar-refractivity contribution in [3.63, 3.8) is 0 Å². The molecule has 0 radical (unpaired) electrons. The van der Waals surface area contributed by atoms with Crippen LogP contribution in [0.5, 0.6) is 0 Å². The highest BCUT2D eigenvalue weighted by molar-refractivity contribution is 7.89. The van der Waals surface area contributed by atoms with E-state index in [1.165, 1.54) is 8.61 Å². The summed E-state index contributed by atoms with van der Waals surface area (Å²) in [7, 11) is -6.96. The minimum Gasteiger partial charge on any atom is -0.362 e. The predicted octanol–water partition coefficient (Wildman–Crippen LogP) is -0.795. The van der Waals surface area contributed by atoms with Gasteiger partial charge in [-0.2, -0.15) is 11.0 Å². The van der Waals surface area contributed by atoms with Gasteiger partial charge in [-0.1, -0.05) is 13.8 Å². The Morgan fingerprint density at radius 3 is 1.34 bits per heavy atom.